The van der Waals surface area contributed by atoms with Gasteiger partial charge in [-0.3, -0.25) is 4.57 Å². The third kappa shape index (κ3) is 2.85. The number of rotatable bonds is 5. The molecule has 3 aromatic rings. The highest BCUT2D eigenvalue weighted by atomic mass is 32.1. The second-order valence-corrected chi connectivity index (χ2v) is 5.04. The maximum Gasteiger partial charge on any atom is 0.207 e. The van der Waals surface area contributed by atoms with Crippen molar-refractivity contribution >= 4 is 17.3 Å². The van der Waals surface area contributed by atoms with Crippen molar-refractivity contribution in [1.29, 1.82) is 0 Å². The summed E-state index contributed by atoms with van der Waals surface area (Å²) in [6.07, 6.45) is 4.81. The van der Waals surface area contributed by atoms with Gasteiger partial charge >= 0.3 is 0 Å². The predicted octanol–water partition coefficient (Wildman–Crippen LogP) is 3.59. The summed E-state index contributed by atoms with van der Waals surface area (Å²) in [5.41, 5.74) is 2.49. The second kappa shape index (κ2) is 5.71. The number of anilines is 1. The van der Waals surface area contributed by atoms with Crippen LogP contribution in [0.5, 0.6) is 0 Å². The first-order chi connectivity index (χ1) is 9.43. The molecule has 96 valence electrons. The van der Waals surface area contributed by atoms with Crippen molar-refractivity contribution in [2.45, 2.75) is 6.42 Å². The lowest BCUT2D eigenvalue weighted by Crippen LogP contribution is -2.09. The van der Waals surface area contributed by atoms with Crippen LogP contribution in [-0.2, 0) is 6.42 Å². The highest BCUT2D eigenvalue weighted by Crippen LogP contribution is 2.14. The Bertz CT molecular complexity index is 614. The van der Waals surface area contributed by atoms with Gasteiger partial charge in [-0.05, 0) is 40.9 Å². The van der Waals surface area contributed by atoms with Gasteiger partial charge < -0.3 is 5.32 Å². The molecule has 3 rings (SSSR count). The number of nitrogens with one attached hydrogen (secondary N) is 1. The number of hydrogen-bond acceptors (Lipinski definition) is 3. The Morgan fingerprint density at radius 1 is 1.16 bits per heavy atom. The standard InChI is InChI=1S/C15H15N3S/c1-2-4-14(5-3-1)18-10-9-17-15(18)16-8-6-13-7-11-19-12-13/h1-5,7,9-12H,6,8H2,(H,16,17). The summed E-state index contributed by atoms with van der Waals surface area (Å²) in [7, 11) is 0. The molecule has 4 heteroatoms. The van der Waals surface area contributed by atoms with Crippen LogP contribution in [0.4, 0.5) is 5.95 Å². The predicted molar refractivity (Wildman–Crippen MR) is 80.1 cm³/mol. The Labute approximate surface area is 116 Å². The average Bonchev–Trinajstić information content (AvgIpc) is 3.11. The van der Waals surface area contributed by atoms with Crippen molar-refractivity contribution in [3.05, 3.63) is 65.1 Å². The molecule has 19 heavy (non-hydrogen) atoms. The second-order valence-electron chi connectivity index (χ2n) is 4.26. The van der Waals surface area contributed by atoms with Crippen LogP contribution in [0.2, 0.25) is 0 Å². The lowest BCUT2D eigenvalue weighted by molar-refractivity contribution is 0.965. The Balaban J connectivity index is 1.67. The van der Waals surface area contributed by atoms with Crippen LogP contribution in [0.3, 0.4) is 0 Å². The maximum atomic E-state index is 4.37. The highest BCUT2D eigenvalue weighted by molar-refractivity contribution is 7.07. The molecule has 0 saturated heterocycles. The van der Waals surface area contributed by atoms with Crippen LogP contribution >= 0.6 is 11.3 Å². The third-order valence-electron chi connectivity index (χ3n) is 2.95. The van der Waals surface area contributed by atoms with Gasteiger partial charge in [0.05, 0.1) is 0 Å². The van der Waals surface area contributed by atoms with Gasteiger partial charge in [0.25, 0.3) is 0 Å². The zero-order valence-corrected chi connectivity index (χ0v) is 11.3. The van der Waals surface area contributed by atoms with Crippen LogP contribution in [0.1, 0.15) is 5.56 Å². The fourth-order valence-corrected chi connectivity index (χ4v) is 2.69. The van der Waals surface area contributed by atoms with Gasteiger partial charge in [0, 0.05) is 24.6 Å². The zero-order chi connectivity index (χ0) is 12.9. The summed E-state index contributed by atoms with van der Waals surface area (Å²) in [6, 6.07) is 12.4. The minimum absolute atomic E-state index is 0.889. The molecule has 1 aromatic carbocycles. The lowest BCUT2D eigenvalue weighted by Gasteiger charge is -2.09. The summed E-state index contributed by atoms with van der Waals surface area (Å²) in [5.74, 6) is 0.890. The average molecular weight is 269 g/mol. The van der Waals surface area contributed by atoms with E-state index in [1.165, 1.54) is 5.56 Å². The number of aromatic nitrogens is 2. The highest BCUT2D eigenvalue weighted by Gasteiger charge is 2.03. The van der Waals surface area contributed by atoms with Gasteiger partial charge in [-0.1, -0.05) is 18.2 Å². The summed E-state index contributed by atoms with van der Waals surface area (Å²) in [4.78, 5) is 4.37. The molecule has 0 aliphatic heterocycles. The molecule has 2 heterocycles. The SMILES string of the molecule is c1ccc(-n2ccnc2NCCc2ccsc2)cc1. The lowest BCUT2D eigenvalue weighted by atomic mass is 10.2. The van der Waals surface area contributed by atoms with Gasteiger partial charge in [0.15, 0.2) is 0 Å². The maximum absolute atomic E-state index is 4.37. The molecular formula is C15H15N3S. The normalized spacial score (nSPS) is 10.5. The fourth-order valence-electron chi connectivity index (χ4n) is 1.98. The number of benzene rings is 1. The van der Waals surface area contributed by atoms with E-state index >= 15 is 0 Å². The van der Waals surface area contributed by atoms with E-state index < -0.39 is 0 Å². The van der Waals surface area contributed by atoms with E-state index in [0.29, 0.717) is 0 Å². The van der Waals surface area contributed by atoms with Crippen molar-refractivity contribution in [1.82, 2.24) is 9.55 Å². The number of thiophene rings is 1. The topological polar surface area (TPSA) is 29.9 Å². The minimum atomic E-state index is 0.889. The van der Waals surface area contributed by atoms with Gasteiger partial charge in [-0.15, -0.1) is 0 Å². The van der Waals surface area contributed by atoms with Crippen LogP contribution in [-0.4, -0.2) is 16.1 Å². The summed E-state index contributed by atoms with van der Waals surface area (Å²) in [6.45, 7) is 0.889. The van der Waals surface area contributed by atoms with Crippen molar-refractivity contribution in [3.63, 3.8) is 0 Å². The largest absolute Gasteiger partial charge is 0.355 e. The third-order valence-corrected chi connectivity index (χ3v) is 3.68. The van der Waals surface area contributed by atoms with Crippen molar-refractivity contribution in [2.75, 3.05) is 11.9 Å². The molecule has 0 amide bonds. The minimum Gasteiger partial charge on any atom is -0.355 e. The van der Waals surface area contributed by atoms with Crippen molar-refractivity contribution < 1.29 is 0 Å². The van der Waals surface area contributed by atoms with Crippen molar-refractivity contribution in [2.24, 2.45) is 0 Å². The van der Waals surface area contributed by atoms with E-state index in [0.717, 1.165) is 24.6 Å². The monoisotopic (exact) mass is 269 g/mol. The van der Waals surface area contributed by atoms with E-state index in [4.69, 9.17) is 0 Å². The molecule has 0 bridgehead atoms. The van der Waals surface area contributed by atoms with E-state index in [9.17, 15) is 0 Å². The molecule has 0 fully saturated rings. The summed E-state index contributed by atoms with van der Waals surface area (Å²) in [5, 5.41) is 7.68. The first-order valence-electron chi connectivity index (χ1n) is 6.27. The molecule has 3 nitrogen and oxygen atoms in total. The molecule has 0 unspecified atom stereocenters. The summed E-state index contributed by atoms with van der Waals surface area (Å²) < 4.78 is 2.06. The molecule has 2 aromatic heterocycles. The quantitative estimate of drug-likeness (QED) is 0.767. The Morgan fingerprint density at radius 3 is 2.84 bits per heavy atom. The van der Waals surface area contributed by atoms with Gasteiger partial charge in [0.1, 0.15) is 0 Å². The number of imidazole rings is 1. The van der Waals surface area contributed by atoms with Crippen LogP contribution in [0.15, 0.2) is 59.6 Å². The number of para-hydroxylation sites is 1. The van der Waals surface area contributed by atoms with Crippen LogP contribution in [0.25, 0.3) is 5.69 Å². The smallest absolute Gasteiger partial charge is 0.207 e. The molecule has 0 spiro atoms. The van der Waals surface area contributed by atoms with Gasteiger partial charge in [-0.2, -0.15) is 11.3 Å². The van der Waals surface area contributed by atoms with E-state index in [-0.39, 0.29) is 0 Å². The van der Waals surface area contributed by atoms with Crippen molar-refractivity contribution in [3.8, 4) is 5.69 Å². The number of nitrogens with zero attached hydrogens (tertiary/aromatic N) is 2. The number of hydrogen-bond donors (Lipinski definition) is 1. The van der Waals surface area contributed by atoms with E-state index in [1.807, 2.05) is 30.6 Å². The molecular weight excluding hydrogens is 254 g/mol. The molecule has 0 radical (unpaired) electrons. The summed E-state index contributed by atoms with van der Waals surface area (Å²) >= 11 is 1.74. The van der Waals surface area contributed by atoms with Crippen LogP contribution < -0.4 is 5.32 Å². The molecule has 0 saturated carbocycles. The first-order valence-corrected chi connectivity index (χ1v) is 7.21. The Kier molecular flexibility index (Phi) is 3.61. The first kappa shape index (κ1) is 12.0. The van der Waals surface area contributed by atoms with Crippen LogP contribution in [0, 0.1) is 0 Å². The van der Waals surface area contributed by atoms with Gasteiger partial charge in [0.2, 0.25) is 5.95 Å². The molecule has 0 atom stereocenters. The van der Waals surface area contributed by atoms with E-state index in [2.05, 4.69) is 43.8 Å². The van der Waals surface area contributed by atoms with Gasteiger partial charge in [-0.25, -0.2) is 4.98 Å². The Hall–Kier alpha value is -2.07. The van der Waals surface area contributed by atoms with E-state index in [1.54, 1.807) is 11.3 Å². The molecule has 0 aliphatic carbocycles. The zero-order valence-electron chi connectivity index (χ0n) is 10.5. The Morgan fingerprint density at radius 2 is 2.05 bits per heavy atom. The molecule has 0 aliphatic rings. The fraction of sp³-hybridized carbons (Fsp3) is 0.133. The molecule has 1 N–H and O–H groups in total.